The highest BCUT2D eigenvalue weighted by atomic mass is 32.2. The molecule has 1 aromatic carbocycles. The van der Waals surface area contributed by atoms with Gasteiger partial charge in [0.2, 0.25) is 35.4 Å². The summed E-state index contributed by atoms with van der Waals surface area (Å²) in [5.41, 5.74) is 12.3. The predicted octanol–water partition coefficient (Wildman–Crippen LogP) is 0.367. The molecule has 1 heterocycles. The third-order valence-electron chi connectivity index (χ3n) is 12.5. The van der Waals surface area contributed by atoms with Crippen LogP contribution in [0, 0.1) is 23.7 Å². The zero-order valence-corrected chi connectivity index (χ0v) is 45.2. The predicted molar refractivity (Wildman–Crippen MR) is 282 cm³/mol. The normalized spacial score (nSPS) is 25.0. The molecule has 11 atom stereocenters. The van der Waals surface area contributed by atoms with Crippen LogP contribution in [0.25, 0.3) is 0 Å². The number of nitrogens with one attached hydrogen (secondary N) is 6. The van der Waals surface area contributed by atoms with Gasteiger partial charge in [-0.05, 0) is 56.9 Å². The number of rotatable bonds is 18. The molecular weight excluding hydrogens is 993 g/mol. The molecule has 1 unspecified atom stereocenters. The molecule has 0 bridgehead atoms. The van der Waals surface area contributed by atoms with E-state index in [1.807, 2.05) is 43.3 Å². The number of amides is 7. The topological polar surface area (TPSA) is 360 Å². The number of methoxy groups -OCH3 is 1. The van der Waals surface area contributed by atoms with Crippen molar-refractivity contribution >= 4 is 70.0 Å². The van der Waals surface area contributed by atoms with E-state index in [1.54, 1.807) is 34.0 Å². The van der Waals surface area contributed by atoms with E-state index in [0.29, 0.717) is 12.0 Å². The summed E-state index contributed by atoms with van der Waals surface area (Å²) in [6, 6.07) is 0.633. The van der Waals surface area contributed by atoms with E-state index < -0.39 is 131 Å². The number of likely N-dealkylation sites (N-methyl/N-ethyl adjacent to an activating group) is 1. The maximum Gasteiger partial charge on any atom is 0.327 e. The van der Waals surface area contributed by atoms with E-state index in [0.717, 1.165) is 10.5 Å². The molecule has 2 rings (SSSR count). The number of ether oxygens (including phenoxy) is 1. The molecule has 75 heavy (non-hydrogen) atoms. The molecule has 1 aliphatic rings. The number of hydrogen-bond acceptors (Lipinski definition) is 12. The van der Waals surface area contributed by atoms with Crippen molar-refractivity contribution in [3.63, 3.8) is 0 Å². The van der Waals surface area contributed by atoms with Crippen LogP contribution < -0.4 is 43.4 Å². The molecule has 0 spiro atoms. The zero-order valence-electron chi connectivity index (χ0n) is 44.4. The molecule has 1 fully saturated rings. The number of carbonyl (C=O) groups excluding carboxylic acids is 7. The van der Waals surface area contributed by atoms with E-state index in [4.69, 9.17) is 16.2 Å². The number of carboxylic acid groups (broad SMARTS) is 2. The SMILES string of the molecule is C=C1C(=O)N[C@H](CCS(C)=O)C(=O)N[C@@H](CC(C)C)C(=O)N[C@@H](C(=O)O)[C@H](C)C(=O)N[C@@H](CCCN=C(N)N)C(=O)N[C@@H](/C=C/C(C)=C/[C@H](C)[C@H](Cc2ccccc2)OC)[C@H](C)C(=O)N[C@@H](C(=O)O)CCC(=O)N1C. The lowest BCUT2D eigenvalue weighted by atomic mass is 9.94. The van der Waals surface area contributed by atoms with E-state index in [-0.39, 0.29) is 61.9 Å². The highest BCUT2D eigenvalue weighted by molar-refractivity contribution is 7.84. The van der Waals surface area contributed by atoms with Gasteiger partial charge in [0.1, 0.15) is 35.9 Å². The number of guanidine groups is 1. The summed E-state index contributed by atoms with van der Waals surface area (Å²) in [6.07, 6.45) is 5.58. The van der Waals surface area contributed by atoms with Gasteiger partial charge < -0.3 is 63.2 Å². The van der Waals surface area contributed by atoms with Gasteiger partial charge >= 0.3 is 11.9 Å². The highest BCUT2D eigenvalue weighted by Gasteiger charge is 2.38. The van der Waals surface area contributed by atoms with Crippen molar-refractivity contribution in [2.24, 2.45) is 40.1 Å². The molecule has 416 valence electrons. The molecule has 0 aliphatic carbocycles. The van der Waals surface area contributed by atoms with Crippen molar-refractivity contribution in [2.45, 2.75) is 129 Å². The summed E-state index contributed by atoms with van der Waals surface area (Å²) in [7, 11) is 1.33. The highest BCUT2D eigenvalue weighted by Crippen LogP contribution is 2.19. The minimum atomic E-state index is -1.93. The van der Waals surface area contributed by atoms with Gasteiger partial charge in [-0.3, -0.25) is 42.8 Å². The maximum atomic E-state index is 14.4. The smallest absolute Gasteiger partial charge is 0.327 e. The van der Waals surface area contributed by atoms with Crippen LogP contribution in [0.4, 0.5) is 0 Å². The van der Waals surface area contributed by atoms with Gasteiger partial charge in [0, 0.05) is 55.8 Å². The Kier molecular flexibility index (Phi) is 27.1. The second-order valence-electron chi connectivity index (χ2n) is 19.2. The minimum Gasteiger partial charge on any atom is -0.480 e. The van der Waals surface area contributed by atoms with Gasteiger partial charge in [0.25, 0.3) is 5.91 Å². The molecule has 1 saturated heterocycles. The number of benzene rings is 1. The molecule has 0 saturated carbocycles. The fraction of sp³-hybridized carbons (Fsp3) is 0.569. The van der Waals surface area contributed by atoms with Gasteiger partial charge in [-0.1, -0.05) is 95.3 Å². The zero-order chi connectivity index (χ0) is 56.7. The van der Waals surface area contributed by atoms with Crippen LogP contribution in [0.5, 0.6) is 0 Å². The van der Waals surface area contributed by atoms with Crippen molar-refractivity contribution in [3.05, 3.63) is 72.0 Å². The van der Waals surface area contributed by atoms with Crippen LogP contribution in [0.1, 0.15) is 85.6 Å². The van der Waals surface area contributed by atoms with Crippen molar-refractivity contribution in [1.29, 1.82) is 0 Å². The van der Waals surface area contributed by atoms with Crippen LogP contribution >= 0.6 is 0 Å². The number of nitrogens with two attached hydrogens (primary N) is 2. The quantitative estimate of drug-likeness (QED) is 0.0312. The van der Waals surface area contributed by atoms with Crippen LogP contribution in [-0.2, 0) is 65.1 Å². The third-order valence-corrected chi connectivity index (χ3v) is 13.3. The Morgan fingerprint density at radius 2 is 1.44 bits per heavy atom. The van der Waals surface area contributed by atoms with Crippen LogP contribution in [0.3, 0.4) is 0 Å². The fourth-order valence-electron chi connectivity index (χ4n) is 7.88. The first kappa shape index (κ1) is 64.2. The van der Waals surface area contributed by atoms with Gasteiger partial charge in [-0.25, -0.2) is 9.59 Å². The number of aliphatic carboxylic acids is 2. The summed E-state index contributed by atoms with van der Waals surface area (Å²) in [5, 5.41) is 35.7. The molecule has 1 aliphatic heterocycles. The van der Waals surface area contributed by atoms with Gasteiger partial charge in [0.15, 0.2) is 5.96 Å². The minimum absolute atomic E-state index is 0.00911. The van der Waals surface area contributed by atoms with Crippen LogP contribution in [-0.4, -0.2) is 154 Å². The molecule has 12 N–H and O–H groups in total. The number of allylic oxidation sites excluding steroid dienone is 2. The number of carbonyl (C=O) groups is 9. The second-order valence-corrected chi connectivity index (χ2v) is 20.7. The average molecular weight is 1070 g/mol. The molecule has 0 radical (unpaired) electrons. The van der Waals surface area contributed by atoms with Gasteiger partial charge in [0.05, 0.1) is 24.0 Å². The second kappa shape index (κ2) is 31.7. The number of carboxylic acids is 2. The fourth-order valence-corrected chi connectivity index (χ4v) is 8.45. The average Bonchev–Trinajstić information content (AvgIpc) is 3.34. The lowest BCUT2D eigenvalue weighted by Gasteiger charge is -2.29. The summed E-state index contributed by atoms with van der Waals surface area (Å²) in [4.78, 5) is 128. The van der Waals surface area contributed by atoms with Crippen molar-refractivity contribution < 1.29 is 62.3 Å². The lowest BCUT2D eigenvalue weighted by Crippen LogP contribution is -2.59. The molecule has 0 aromatic heterocycles. The first-order chi connectivity index (χ1) is 35.2. The van der Waals surface area contributed by atoms with E-state index >= 15 is 0 Å². The Hall–Kier alpha value is -6.95. The summed E-state index contributed by atoms with van der Waals surface area (Å²) in [6.45, 7) is 13.5. The van der Waals surface area contributed by atoms with Crippen LogP contribution in [0.15, 0.2) is 71.4 Å². The first-order valence-electron chi connectivity index (χ1n) is 24.7. The number of aliphatic imine (C=N–C) groups is 1. The number of hydrogen-bond donors (Lipinski definition) is 10. The maximum absolute atomic E-state index is 14.4. The monoisotopic (exact) mass is 1070 g/mol. The molecular formula is C51H78N10O13S. The number of nitrogens with zero attached hydrogens (tertiary/aromatic N) is 2. The van der Waals surface area contributed by atoms with Gasteiger partial charge in [-0.2, -0.15) is 0 Å². The Morgan fingerprint density at radius 3 is 2.01 bits per heavy atom. The third kappa shape index (κ3) is 22.2. The van der Waals surface area contributed by atoms with E-state index in [9.17, 15) is 57.6 Å². The Bertz CT molecular complexity index is 2310. The molecule has 23 nitrogen and oxygen atoms in total. The van der Waals surface area contributed by atoms with E-state index in [2.05, 4.69) is 43.5 Å². The largest absolute Gasteiger partial charge is 0.480 e. The standard InChI is InChI=1S/C51H78N10O13S/c1-28(2)25-39-48(68)60-42(50(71)72)32(6)44(64)56-36(17-14-23-54-51(52)53)46(66)55-35(19-18-29(3)26-30(4)40(74-9)27-34-15-12-11-13-16-34)31(5)43(63)58-38(49(69)70)20-21-41(62)61(8)33(7)45(65)57-37(47(67)59-39)22-24-75(10)73/h11-13,15-16,18-19,26,28,30-32,35-40,42H,7,14,17,20-25,27H2,1-6,8-10H3,(H,55,66)(H,56,64)(H,57,65)(H,58,63)(H,59,67)(H,60,68)(H,69,70)(H,71,72)(H4,52,53,54)/b19-18+,29-26+/t30-,31-,32-,35-,36-,37+,38+,39-,40-,42+,75?/m0/s1. The Balaban J connectivity index is 2.78. The Labute approximate surface area is 441 Å². The Morgan fingerprint density at radius 1 is 0.853 bits per heavy atom. The van der Waals surface area contributed by atoms with E-state index in [1.165, 1.54) is 33.2 Å². The summed E-state index contributed by atoms with van der Waals surface area (Å²) in [5.74, 6) is -13.1. The van der Waals surface area contributed by atoms with Crippen LogP contribution in [0.2, 0.25) is 0 Å². The van der Waals surface area contributed by atoms with Gasteiger partial charge in [-0.15, -0.1) is 0 Å². The molecule has 24 heteroatoms. The lowest BCUT2D eigenvalue weighted by molar-refractivity contribution is -0.146. The van der Waals surface area contributed by atoms with Crippen molar-refractivity contribution in [2.75, 3.05) is 32.7 Å². The van der Waals surface area contributed by atoms with Crippen molar-refractivity contribution in [3.8, 4) is 0 Å². The molecule has 7 amide bonds. The molecule has 1 aromatic rings. The first-order valence-corrected chi connectivity index (χ1v) is 26.4. The van der Waals surface area contributed by atoms with Crippen molar-refractivity contribution in [1.82, 2.24) is 36.8 Å². The summed E-state index contributed by atoms with van der Waals surface area (Å²) < 4.78 is 18.0. The summed E-state index contributed by atoms with van der Waals surface area (Å²) >= 11 is 0.